The van der Waals surface area contributed by atoms with Crippen LogP contribution in [-0.2, 0) is 0 Å². The van der Waals surface area contributed by atoms with Crippen LogP contribution in [0.2, 0.25) is 0 Å². The molecule has 1 aromatic heterocycles. The number of aromatic nitrogens is 1. The van der Waals surface area contributed by atoms with Crippen molar-refractivity contribution in [2.45, 2.75) is 13.8 Å². The summed E-state index contributed by atoms with van der Waals surface area (Å²) in [7, 11) is 3.21. The zero-order valence-corrected chi connectivity index (χ0v) is 16.2. The lowest BCUT2D eigenvalue weighted by Gasteiger charge is -2.11. The van der Waals surface area contributed by atoms with Gasteiger partial charge in [-0.25, -0.2) is 9.37 Å². The van der Waals surface area contributed by atoms with Crippen LogP contribution in [0.4, 0.5) is 4.39 Å². The standard InChI is InChI=1S/C23H20FNO3/c1-13-9-16(10-14(2)22(13)27-4)15-5-7-19-21(11-15)28-23(25-19)18-12-17(24)6-8-20(18)26-3/h5-12H,1-4H3. The molecule has 0 fully saturated rings. The third kappa shape index (κ3) is 3.09. The minimum atomic E-state index is -0.372. The lowest BCUT2D eigenvalue weighted by molar-refractivity contribution is 0.408. The molecule has 28 heavy (non-hydrogen) atoms. The highest BCUT2D eigenvalue weighted by Crippen LogP contribution is 2.35. The van der Waals surface area contributed by atoms with E-state index in [9.17, 15) is 4.39 Å². The van der Waals surface area contributed by atoms with Gasteiger partial charge in [-0.3, -0.25) is 0 Å². The van der Waals surface area contributed by atoms with Crippen LogP contribution in [-0.4, -0.2) is 19.2 Å². The van der Waals surface area contributed by atoms with Gasteiger partial charge in [-0.15, -0.1) is 0 Å². The van der Waals surface area contributed by atoms with Crippen molar-refractivity contribution in [3.8, 4) is 34.1 Å². The molecule has 3 aromatic carbocycles. The molecule has 0 radical (unpaired) electrons. The number of ether oxygens (including phenoxy) is 2. The Morgan fingerprint density at radius 2 is 1.61 bits per heavy atom. The normalized spacial score (nSPS) is 11.0. The van der Waals surface area contributed by atoms with Crippen LogP contribution in [0.25, 0.3) is 33.7 Å². The van der Waals surface area contributed by atoms with Crippen molar-refractivity contribution in [3.05, 3.63) is 65.5 Å². The summed E-state index contributed by atoms with van der Waals surface area (Å²) in [4.78, 5) is 4.50. The molecule has 4 nitrogen and oxygen atoms in total. The van der Waals surface area contributed by atoms with E-state index in [1.54, 1.807) is 13.2 Å². The summed E-state index contributed by atoms with van der Waals surface area (Å²) >= 11 is 0. The van der Waals surface area contributed by atoms with E-state index in [1.165, 1.54) is 19.2 Å². The molecule has 0 spiro atoms. The second-order valence-corrected chi connectivity index (χ2v) is 6.69. The summed E-state index contributed by atoms with van der Waals surface area (Å²) in [6, 6.07) is 14.3. The Morgan fingerprint density at radius 3 is 2.29 bits per heavy atom. The molecule has 1 heterocycles. The van der Waals surface area contributed by atoms with Gasteiger partial charge in [-0.05, 0) is 78.6 Å². The van der Waals surface area contributed by atoms with Gasteiger partial charge in [0.2, 0.25) is 5.89 Å². The molecule has 0 N–H and O–H groups in total. The van der Waals surface area contributed by atoms with E-state index >= 15 is 0 Å². The number of fused-ring (bicyclic) bond motifs is 1. The number of methoxy groups -OCH3 is 2. The zero-order chi connectivity index (χ0) is 19.8. The molecule has 0 aliphatic heterocycles. The molecule has 142 valence electrons. The predicted octanol–water partition coefficient (Wildman–Crippen LogP) is 5.93. The van der Waals surface area contributed by atoms with Crippen molar-refractivity contribution in [1.82, 2.24) is 4.98 Å². The van der Waals surface area contributed by atoms with E-state index in [0.717, 1.165) is 28.0 Å². The lowest BCUT2D eigenvalue weighted by atomic mass is 9.99. The average molecular weight is 377 g/mol. The number of nitrogens with zero attached hydrogens (tertiary/aromatic N) is 1. The van der Waals surface area contributed by atoms with Crippen molar-refractivity contribution in [3.63, 3.8) is 0 Å². The summed E-state index contributed by atoms with van der Waals surface area (Å²) in [6.45, 7) is 4.05. The maximum atomic E-state index is 13.7. The van der Waals surface area contributed by atoms with Crippen LogP contribution in [0.1, 0.15) is 11.1 Å². The first kappa shape index (κ1) is 18.0. The fraction of sp³-hybridized carbons (Fsp3) is 0.174. The maximum absolute atomic E-state index is 13.7. The third-order valence-electron chi connectivity index (χ3n) is 4.78. The van der Waals surface area contributed by atoms with Gasteiger partial charge in [-0.2, -0.15) is 0 Å². The second kappa shape index (κ2) is 7.00. The van der Waals surface area contributed by atoms with Crippen molar-refractivity contribution in [2.75, 3.05) is 14.2 Å². The van der Waals surface area contributed by atoms with Gasteiger partial charge in [0, 0.05) is 0 Å². The summed E-state index contributed by atoms with van der Waals surface area (Å²) in [5.41, 5.74) is 6.03. The first-order valence-corrected chi connectivity index (χ1v) is 8.90. The Hall–Kier alpha value is -3.34. The smallest absolute Gasteiger partial charge is 0.231 e. The molecule has 0 aliphatic rings. The highest BCUT2D eigenvalue weighted by Gasteiger charge is 2.15. The molecule has 0 amide bonds. The number of aryl methyl sites for hydroxylation is 2. The van der Waals surface area contributed by atoms with E-state index in [-0.39, 0.29) is 5.82 Å². The molecule has 0 bridgehead atoms. The van der Waals surface area contributed by atoms with E-state index in [0.29, 0.717) is 28.3 Å². The topological polar surface area (TPSA) is 44.5 Å². The summed E-state index contributed by atoms with van der Waals surface area (Å²) in [6.07, 6.45) is 0. The number of hydrogen-bond acceptors (Lipinski definition) is 4. The Balaban J connectivity index is 1.81. The van der Waals surface area contributed by atoms with Gasteiger partial charge in [0.1, 0.15) is 22.8 Å². The number of benzene rings is 3. The molecule has 0 saturated heterocycles. The van der Waals surface area contributed by atoms with Crippen molar-refractivity contribution < 1.29 is 18.3 Å². The number of rotatable bonds is 4. The summed E-state index contributed by atoms with van der Waals surface area (Å²) < 4.78 is 30.4. The maximum Gasteiger partial charge on any atom is 0.231 e. The lowest BCUT2D eigenvalue weighted by Crippen LogP contribution is -1.92. The van der Waals surface area contributed by atoms with Gasteiger partial charge in [-0.1, -0.05) is 6.07 Å². The van der Waals surface area contributed by atoms with Gasteiger partial charge in [0.05, 0.1) is 19.8 Å². The first-order chi connectivity index (χ1) is 13.5. The molecular weight excluding hydrogens is 357 g/mol. The molecule has 5 heteroatoms. The highest BCUT2D eigenvalue weighted by atomic mass is 19.1. The van der Waals surface area contributed by atoms with Crippen LogP contribution < -0.4 is 9.47 Å². The molecular formula is C23H20FNO3. The number of hydrogen-bond donors (Lipinski definition) is 0. The van der Waals surface area contributed by atoms with Gasteiger partial charge in [0.25, 0.3) is 0 Å². The second-order valence-electron chi connectivity index (χ2n) is 6.69. The molecule has 0 atom stereocenters. The van der Waals surface area contributed by atoms with Gasteiger partial charge >= 0.3 is 0 Å². The van der Waals surface area contributed by atoms with Crippen LogP contribution in [0, 0.1) is 19.7 Å². The van der Waals surface area contributed by atoms with E-state index in [1.807, 2.05) is 32.0 Å². The minimum absolute atomic E-state index is 0.325. The van der Waals surface area contributed by atoms with Crippen molar-refractivity contribution in [2.24, 2.45) is 0 Å². The largest absolute Gasteiger partial charge is 0.496 e. The Labute approximate surface area is 162 Å². The van der Waals surface area contributed by atoms with Crippen LogP contribution in [0.3, 0.4) is 0 Å². The van der Waals surface area contributed by atoms with Crippen LogP contribution in [0.15, 0.2) is 52.9 Å². The van der Waals surface area contributed by atoms with Crippen molar-refractivity contribution >= 4 is 11.1 Å². The van der Waals surface area contributed by atoms with Crippen LogP contribution in [0.5, 0.6) is 11.5 Å². The fourth-order valence-electron chi connectivity index (χ4n) is 3.51. The molecule has 0 unspecified atom stereocenters. The van der Waals surface area contributed by atoms with E-state index in [2.05, 4.69) is 17.1 Å². The molecule has 0 saturated carbocycles. The monoisotopic (exact) mass is 377 g/mol. The molecule has 4 aromatic rings. The molecule has 4 rings (SSSR count). The minimum Gasteiger partial charge on any atom is -0.496 e. The van der Waals surface area contributed by atoms with Gasteiger partial charge < -0.3 is 13.9 Å². The fourth-order valence-corrected chi connectivity index (χ4v) is 3.51. The van der Waals surface area contributed by atoms with Gasteiger partial charge in [0.15, 0.2) is 5.58 Å². The number of halogens is 1. The number of oxazole rings is 1. The highest BCUT2D eigenvalue weighted by molar-refractivity contribution is 5.83. The Morgan fingerprint density at radius 1 is 0.857 bits per heavy atom. The summed E-state index contributed by atoms with van der Waals surface area (Å²) in [5, 5.41) is 0. The van der Waals surface area contributed by atoms with Crippen molar-refractivity contribution in [1.29, 1.82) is 0 Å². The predicted molar refractivity (Wildman–Crippen MR) is 107 cm³/mol. The third-order valence-corrected chi connectivity index (χ3v) is 4.78. The molecule has 0 aliphatic carbocycles. The van der Waals surface area contributed by atoms with E-state index < -0.39 is 0 Å². The quantitative estimate of drug-likeness (QED) is 0.442. The Kier molecular flexibility index (Phi) is 4.51. The zero-order valence-electron chi connectivity index (χ0n) is 16.2. The van der Waals surface area contributed by atoms with E-state index in [4.69, 9.17) is 13.9 Å². The average Bonchev–Trinajstić information content (AvgIpc) is 3.11. The SMILES string of the molecule is COc1ccc(F)cc1-c1nc2ccc(-c3cc(C)c(OC)c(C)c3)cc2o1. The Bertz CT molecular complexity index is 1160. The van der Waals surface area contributed by atoms with Crippen LogP contribution >= 0.6 is 0 Å². The first-order valence-electron chi connectivity index (χ1n) is 8.90. The summed E-state index contributed by atoms with van der Waals surface area (Å²) in [5.74, 6) is 1.35.